The summed E-state index contributed by atoms with van der Waals surface area (Å²) in [6.45, 7) is 4.25. The molecule has 4 heteroatoms. The van der Waals surface area contributed by atoms with Crippen LogP contribution >= 0.6 is 11.3 Å². The highest BCUT2D eigenvalue weighted by molar-refractivity contribution is 7.21. The van der Waals surface area contributed by atoms with E-state index in [9.17, 15) is 4.79 Å². The standard InChI is InChI=1S/C15H18N2OS/c1-8-3-4-11-12(7-8)19-14(13(11)16)15(18)17-10-5-9(2)6-10/h3-4,7,9-10H,5-6,16H2,1-2H3,(H,17,18). The number of thiophene rings is 1. The van der Waals surface area contributed by atoms with Gasteiger partial charge in [-0.05, 0) is 37.3 Å². The third-order valence-corrected chi connectivity index (χ3v) is 4.97. The molecule has 0 saturated heterocycles. The molecule has 1 amide bonds. The van der Waals surface area contributed by atoms with Crippen molar-refractivity contribution in [3.8, 4) is 0 Å². The maximum atomic E-state index is 12.2. The van der Waals surface area contributed by atoms with Gasteiger partial charge in [0.05, 0.1) is 5.69 Å². The predicted octanol–water partition coefficient (Wildman–Crippen LogP) is 3.32. The van der Waals surface area contributed by atoms with Crippen LogP contribution in [0.15, 0.2) is 18.2 Å². The Kier molecular flexibility index (Phi) is 2.97. The summed E-state index contributed by atoms with van der Waals surface area (Å²) in [4.78, 5) is 12.9. The number of rotatable bonds is 2. The van der Waals surface area contributed by atoms with Crippen molar-refractivity contribution < 1.29 is 4.79 Å². The van der Waals surface area contributed by atoms with E-state index in [1.165, 1.54) is 16.9 Å². The van der Waals surface area contributed by atoms with E-state index in [4.69, 9.17) is 5.73 Å². The molecule has 1 aromatic carbocycles. The van der Waals surface area contributed by atoms with Gasteiger partial charge in [0.25, 0.3) is 5.91 Å². The van der Waals surface area contributed by atoms with Crippen molar-refractivity contribution in [3.05, 3.63) is 28.6 Å². The first kappa shape index (κ1) is 12.5. The van der Waals surface area contributed by atoms with E-state index in [0.29, 0.717) is 16.6 Å². The van der Waals surface area contributed by atoms with Crippen LogP contribution in [-0.4, -0.2) is 11.9 Å². The summed E-state index contributed by atoms with van der Waals surface area (Å²) in [5.41, 5.74) is 7.91. The summed E-state index contributed by atoms with van der Waals surface area (Å²) in [5, 5.41) is 4.06. The Balaban J connectivity index is 1.87. The molecular formula is C15H18N2OS. The number of fused-ring (bicyclic) bond motifs is 1. The van der Waals surface area contributed by atoms with Crippen LogP contribution in [0.1, 0.15) is 35.0 Å². The van der Waals surface area contributed by atoms with Crippen LogP contribution in [-0.2, 0) is 0 Å². The predicted molar refractivity (Wildman–Crippen MR) is 80.6 cm³/mol. The Morgan fingerprint density at radius 2 is 2.16 bits per heavy atom. The van der Waals surface area contributed by atoms with E-state index in [1.807, 2.05) is 19.1 Å². The van der Waals surface area contributed by atoms with Gasteiger partial charge in [-0.2, -0.15) is 0 Å². The minimum absolute atomic E-state index is 0.0201. The smallest absolute Gasteiger partial charge is 0.263 e. The van der Waals surface area contributed by atoms with Gasteiger partial charge in [-0.1, -0.05) is 19.1 Å². The minimum atomic E-state index is -0.0201. The summed E-state index contributed by atoms with van der Waals surface area (Å²) < 4.78 is 1.09. The molecule has 0 bridgehead atoms. The third kappa shape index (κ3) is 2.21. The molecule has 1 aromatic heterocycles. The lowest BCUT2D eigenvalue weighted by Crippen LogP contribution is -2.43. The molecule has 100 valence electrons. The molecule has 0 atom stereocenters. The van der Waals surface area contributed by atoms with Crippen LogP contribution in [0.25, 0.3) is 10.1 Å². The molecule has 1 aliphatic carbocycles. The highest BCUT2D eigenvalue weighted by atomic mass is 32.1. The van der Waals surface area contributed by atoms with Gasteiger partial charge in [0.15, 0.2) is 0 Å². The summed E-state index contributed by atoms with van der Waals surface area (Å²) in [6, 6.07) is 6.44. The summed E-state index contributed by atoms with van der Waals surface area (Å²) in [7, 11) is 0. The van der Waals surface area contributed by atoms with E-state index in [1.54, 1.807) is 0 Å². The molecule has 1 heterocycles. The van der Waals surface area contributed by atoms with Crippen LogP contribution in [0, 0.1) is 12.8 Å². The number of nitrogens with two attached hydrogens (primary N) is 1. The highest BCUT2D eigenvalue weighted by Crippen LogP contribution is 2.35. The van der Waals surface area contributed by atoms with Crippen molar-refractivity contribution >= 4 is 33.0 Å². The Hall–Kier alpha value is -1.55. The van der Waals surface area contributed by atoms with Crippen molar-refractivity contribution in [2.45, 2.75) is 32.7 Å². The Morgan fingerprint density at radius 3 is 2.84 bits per heavy atom. The Morgan fingerprint density at radius 1 is 1.42 bits per heavy atom. The highest BCUT2D eigenvalue weighted by Gasteiger charge is 2.28. The van der Waals surface area contributed by atoms with Gasteiger partial charge in [0, 0.05) is 16.1 Å². The summed E-state index contributed by atoms with van der Waals surface area (Å²) >= 11 is 1.49. The first-order chi connectivity index (χ1) is 9.04. The molecule has 0 unspecified atom stereocenters. The number of nitrogens with one attached hydrogen (secondary N) is 1. The van der Waals surface area contributed by atoms with Gasteiger partial charge >= 0.3 is 0 Å². The number of amides is 1. The molecular weight excluding hydrogens is 256 g/mol. The summed E-state index contributed by atoms with van der Waals surface area (Å²) in [6.07, 6.45) is 2.16. The average molecular weight is 274 g/mol. The molecule has 3 N–H and O–H groups in total. The maximum absolute atomic E-state index is 12.2. The lowest BCUT2D eigenvalue weighted by atomic mass is 9.82. The first-order valence-corrected chi connectivity index (χ1v) is 7.45. The number of anilines is 1. The lowest BCUT2D eigenvalue weighted by Gasteiger charge is -2.33. The van der Waals surface area contributed by atoms with E-state index in [2.05, 4.69) is 18.3 Å². The zero-order valence-corrected chi connectivity index (χ0v) is 12.0. The number of aryl methyl sites for hydroxylation is 1. The fourth-order valence-corrected chi connectivity index (χ4v) is 3.79. The zero-order chi connectivity index (χ0) is 13.6. The molecule has 0 spiro atoms. The monoisotopic (exact) mass is 274 g/mol. The number of carbonyl (C=O) groups excluding carboxylic acids is 1. The Labute approximate surface area is 116 Å². The molecule has 0 aliphatic heterocycles. The lowest BCUT2D eigenvalue weighted by molar-refractivity contribution is 0.0901. The molecule has 3 nitrogen and oxygen atoms in total. The van der Waals surface area contributed by atoms with Crippen LogP contribution < -0.4 is 11.1 Å². The number of hydrogen-bond acceptors (Lipinski definition) is 3. The molecule has 2 aromatic rings. The van der Waals surface area contributed by atoms with E-state index >= 15 is 0 Å². The number of hydrogen-bond donors (Lipinski definition) is 2. The SMILES string of the molecule is Cc1ccc2c(N)c(C(=O)NC3CC(C)C3)sc2c1. The van der Waals surface area contributed by atoms with E-state index in [-0.39, 0.29) is 5.91 Å². The fraction of sp³-hybridized carbons (Fsp3) is 0.400. The quantitative estimate of drug-likeness (QED) is 0.882. The van der Waals surface area contributed by atoms with Gasteiger partial charge in [-0.25, -0.2) is 0 Å². The number of carbonyl (C=O) groups is 1. The zero-order valence-electron chi connectivity index (χ0n) is 11.2. The Bertz CT molecular complexity index is 641. The van der Waals surface area contributed by atoms with E-state index in [0.717, 1.165) is 28.8 Å². The molecule has 19 heavy (non-hydrogen) atoms. The minimum Gasteiger partial charge on any atom is -0.397 e. The molecule has 3 rings (SSSR count). The van der Waals surface area contributed by atoms with Gasteiger partial charge in [0.2, 0.25) is 0 Å². The second-order valence-electron chi connectivity index (χ2n) is 5.59. The second kappa shape index (κ2) is 4.53. The van der Waals surface area contributed by atoms with Crippen molar-refractivity contribution in [3.63, 3.8) is 0 Å². The topological polar surface area (TPSA) is 55.1 Å². The van der Waals surface area contributed by atoms with Gasteiger partial charge in [0.1, 0.15) is 4.88 Å². The van der Waals surface area contributed by atoms with Gasteiger partial charge < -0.3 is 11.1 Å². The van der Waals surface area contributed by atoms with Crippen LogP contribution in [0.2, 0.25) is 0 Å². The van der Waals surface area contributed by atoms with Crippen molar-refractivity contribution in [1.29, 1.82) is 0 Å². The van der Waals surface area contributed by atoms with Crippen LogP contribution in [0.3, 0.4) is 0 Å². The van der Waals surface area contributed by atoms with Crippen molar-refractivity contribution in [2.75, 3.05) is 5.73 Å². The maximum Gasteiger partial charge on any atom is 0.263 e. The first-order valence-electron chi connectivity index (χ1n) is 6.64. The molecule has 1 saturated carbocycles. The normalized spacial score (nSPS) is 22.2. The van der Waals surface area contributed by atoms with Crippen molar-refractivity contribution in [2.24, 2.45) is 5.92 Å². The van der Waals surface area contributed by atoms with Crippen LogP contribution in [0.5, 0.6) is 0 Å². The largest absolute Gasteiger partial charge is 0.397 e. The molecule has 1 aliphatic rings. The molecule has 1 fully saturated rings. The second-order valence-corrected chi connectivity index (χ2v) is 6.64. The fourth-order valence-electron chi connectivity index (χ4n) is 2.66. The van der Waals surface area contributed by atoms with Gasteiger partial charge in [-0.3, -0.25) is 4.79 Å². The van der Waals surface area contributed by atoms with E-state index < -0.39 is 0 Å². The number of nitrogen functional groups attached to an aromatic ring is 1. The van der Waals surface area contributed by atoms with Gasteiger partial charge in [-0.15, -0.1) is 11.3 Å². The third-order valence-electron chi connectivity index (χ3n) is 3.80. The molecule has 0 radical (unpaired) electrons. The van der Waals surface area contributed by atoms with Crippen LogP contribution in [0.4, 0.5) is 5.69 Å². The summed E-state index contributed by atoms with van der Waals surface area (Å²) in [5.74, 6) is 0.709. The average Bonchev–Trinajstić information content (AvgIpc) is 2.64. The van der Waals surface area contributed by atoms with Crippen molar-refractivity contribution in [1.82, 2.24) is 5.32 Å². The number of benzene rings is 1.